The average Bonchev–Trinajstić information content (AvgIpc) is 2.43. The molecule has 2 bridgehead atoms. The van der Waals surface area contributed by atoms with Crippen LogP contribution in [0.5, 0.6) is 0 Å². The molecule has 0 aromatic heterocycles. The van der Waals surface area contributed by atoms with Crippen molar-refractivity contribution in [3.05, 3.63) is 0 Å². The van der Waals surface area contributed by atoms with Gasteiger partial charge in [-0.25, -0.2) is 0 Å². The number of ketones is 1. The lowest BCUT2D eigenvalue weighted by molar-refractivity contribution is -0.121. The van der Waals surface area contributed by atoms with E-state index >= 15 is 0 Å². The Hall–Kier alpha value is -0.330. The van der Waals surface area contributed by atoms with Gasteiger partial charge in [0.25, 0.3) is 0 Å². The van der Waals surface area contributed by atoms with Crippen molar-refractivity contribution in [2.24, 2.45) is 40.4 Å². The lowest BCUT2D eigenvalue weighted by Crippen LogP contribution is -2.48. The van der Waals surface area contributed by atoms with E-state index < -0.39 is 0 Å². The Morgan fingerprint density at radius 2 is 1.74 bits per heavy atom. The highest BCUT2D eigenvalue weighted by molar-refractivity contribution is 5.75. The van der Waals surface area contributed by atoms with Gasteiger partial charge in [0.05, 0.1) is 0 Å². The zero-order chi connectivity index (χ0) is 16.8. The van der Waals surface area contributed by atoms with Crippen molar-refractivity contribution in [1.82, 2.24) is 0 Å². The Labute approximate surface area is 144 Å². The van der Waals surface area contributed by atoms with Crippen LogP contribution in [-0.2, 0) is 4.79 Å². The van der Waals surface area contributed by atoms with Gasteiger partial charge in [0.1, 0.15) is 5.78 Å². The highest BCUT2D eigenvalue weighted by Crippen LogP contribution is 2.60. The van der Waals surface area contributed by atoms with Crippen LogP contribution in [0.3, 0.4) is 0 Å². The van der Waals surface area contributed by atoms with Crippen molar-refractivity contribution in [1.29, 1.82) is 0 Å². The summed E-state index contributed by atoms with van der Waals surface area (Å²) >= 11 is 0. The molecule has 0 aromatic rings. The molecule has 0 radical (unpaired) electrons. The van der Waals surface area contributed by atoms with E-state index in [-0.39, 0.29) is 0 Å². The minimum Gasteiger partial charge on any atom is -0.300 e. The highest BCUT2D eigenvalue weighted by Gasteiger charge is 2.51. The van der Waals surface area contributed by atoms with Crippen LogP contribution in [0.1, 0.15) is 92.4 Å². The predicted octanol–water partition coefficient (Wildman–Crippen LogP) is 6.26. The molecule has 1 nitrogen and oxygen atoms in total. The first kappa shape index (κ1) is 17.5. The van der Waals surface area contributed by atoms with E-state index in [0.717, 1.165) is 30.1 Å². The summed E-state index contributed by atoms with van der Waals surface area (Å²) in [6.45, 7) is 12.0. The predicted molar refractivity (Wildman–Crippen MR) is 97.2 cm³/mol. The van der Waals surface area contributed by atoms with Gasteiger partial charge >= 0.3 is 0 Å². The molecule has 3 saturated carbocycles. The molecule has 0 amide bonds. The van der Waals surface area contributed by atoms with Gasteiger partial charge in [0.15, 0.2) is 0 Å². The number of fused-ring (bicyclic) bond motifs is 3. The van der Waals surface area contributed by atoms with Crippen LogP contribution in [0, 0.1) is 40.4 Å². The summed E-state index contributed by atoms with van der Waals surface area (Å²) < 4.78 is 0. The molecule has 0 aliphatic heterocycles. The minimum atomic E-state index is 0.404. The third-order valence-electron chi connectivity index (χ3n) is 8.57. The van der Waals surface area contributed by atoms with Crippen molar-refractivity contribution < 1.29 is 4.79 Å². The van der Waals surface area contributed by atoms with Crippen molar-refractivity contribution in [3.8, 4) is 0 Å². The molecule has 0 unspecified atom stereocenters. The number of hydrogen-bond acceptors (Lipinski definition) is 1. The molecular weight excluding hydrogens is 280 g/mol. The summed E-state index contributed by atoms with van der Waals surface area (Å²) in [5.74, 6) is 4.55. The van der Waals surface area contributed by atoms with Crippen LogP contribution in [-0.4, -0.2) is 5.78 Å². The largest absolute Gasteiger partial charge is 0.300 e. The molecule has 0 saturated heterocycles. The van der Waals surface area contributed by atoms with Crippen LogP contribution in [0.2, 0.25) is 0 Å². The van der Waals surface area contributed by atoms with Gasteiger partial charge < -0.3 is 4.79 Å². The molecule has 0 heterocycles. The van der Waals surface area contributed by atoms with E-state index in [9.17, 15) is 4.79 Å². The van der Waals surface area contributed by atoms with E-state index in [2.05, 4.69) is 27.7 Å². The molecule has 3 rings (SSSR count). The van der Waals surface area contributed by atoms with Gasteiger partial charge in [0, 0.05) is 6.42 Å². The maximum atomic E-state index is 11.8. The van der Waals surface area contributed by atoms with Crippen LogP contribution in [0.25, 0.3) is 0 Å². The standard InChI is InChI=1S/C22H38O/c1-15-7-6-11-22(5)12-10-19-17(13-16(2)23)8-9-18(14-20(15)22)21(19,3)4/h15,17-20H,6-14H2,1-5H3/t15-,17+,18+,19+,20-,22+/m1/s1. The number of Topliss-reactive ketones (excluding diaryl/α,β-unsaturated/α-hetero) is 1. The molecule has 0 N–H and O–H groups in total. The molecule has 3 fully saturated rings. The molecule has 3 aliphatic rings. The molecule has 6 atom stereocenters. The van der Waals surface area contributed by atoms with Crippen LogP contribution in [0.15, 0.2) is 0 Å². The van der Waals surface area contributed by atoms with Crippen molar-refractivity contribution in [2.45, 2.75) is 92.4 Å². The number of rotatable bonds is 2. The van der Waals surface area contributed by atoms with Crippen molar-refractivity contribution >= 4 is 5.78 Å². The maximum Gasteiger partial charge on any atom is 0.130 e. The van der Waals surface area contributed by atoms with Gasteiger partial charge in [0.2, 0.25) is 0 Å². The third-order valence-corrected chi connectivity index (χ3v) is 8.57. The first-order valence-electron chi connectivity index (χ1n) is 10.2. The van der Waals surface area contributed by atoms with Crippen LogP contribution in [0.4, 0.5) is 0 Å². The van der Waals surface area contributed by atoms with E-state index in [1.807, 2.05) is 0 Å². The lowest BCUT2D eigenvalue weighted by Gasteiger charge is -2.57. The molecular formula is C22H38O. The molecule has 23 heavy (non-hydrogen) atoms. The minimum absolute atomic E-state index is 0.404. The van der Waals surface area contributed by atoms with Gasteiger partial charge in [-0.2, -0.15) is 0 Å². The summed E-state index contributed by atoms with van der Waals surface area (Å²) in [5.41, 5.74) is 1.000. The average molecular weight is 319 g/mol. The van der Waals surface area contributed by atoms with Gasteiger partial charge in [-0.1, -0.05) is 40.5 Å². The Balaban J connectivity index is 1.87. The first-order chi connectivity index (χ1) is 10.7. The zero-order valence-electron chi connectivity index (χ0n) is 16.2. The molecule has 132 valence electrons. The molecule has 0 spiro atoms. The van der Waals surface area contributed by atoms with Crippen molar-refractivity contribution in [3.63, 3.8) is 0 Å². The molecule has 1 heteroatoms. The lowest BCUT2D eigenvalue weighted by atomic mass is 9.48. The monoisotopic (exact) mass is 318 g/mol. The smallest absolute Gasteiger partial charge is 0.130 e. The topological polar surface area (TPSA) is 17.1 Å². The maximum absolute atomic E-state index is 11.8. The second kappa shape index (κ2) is 6.19. The SMILES string of the molecule is CC(=O)C[C@@H]1CC[C@H]2C[C@@H]3[C@H](C)CCC[C@@]3(C)CC[C@@H]1C2(C)C. The summed E-state index contributed by atoms with van der Waals surface area (Å²) in [6, 6.07) is 0. The zero-order valence-corrected chi connectivity index (χ0v) is 16.2. The van der Waals surface area contributed by atoms with Crippen LogP contribution < -0.4 is 0 Å². The Morgan fingerprint density at radius 1 is 1.00 bits per heavy atom. The fraction of sp³-hybridized carbons (Fsp3) is 0.955. The Kier molecular flexibility index (Phi) is 4.71. The Bertz CT molecular complexity index is 451. The summed E-state index contributed by atoms with van der Waals surface area (Å²) in [4.78, 5) is 11.8. The van der Waals surface area contributed by atoms with Gasteiger partial charge in [-0.05, 0) is 85.9 Å². The molecule has 3 aliphatic carbocycles. The van der Waals surface area contributed by atoms with Gasteiger partial charge in [-0.3, -0.25) is 0 Å². The van der Waals surface area contributed by atoms with Crippen molar-refractivity contribution in [2.75, 3.05) is 0 Å². The highest BCUT2D eigenvalue weighted by atomic mass is 16.1. The fourth-order valence-corrected chi connectivity index (χ4v) is 7.06. The first-order valence-corrected chi connectivity index (χ1v) is 10.2. The van der Waals surface area contributed by atoms with Gasteiger partial charge in [-0.15, -0.1) is 0 Å². The normalized spacial score (nSPS) is 46.4. The quantitative estimate of drug-likeness (QED) is 0.587. The molecule has 0 aromatic carbocycles. The summed E-state index contributed by atoms with van der Waals surface area (Å²) in [6.07, 6.45) is 12.0. The van der Waals surface area contributed by atoms with E-state index in [1.165, 1.54) is 51.4 Å². The van der Waals surface area contributed by atoms with E-state index in [1.54, 1.807) is 6.92 Å². The third kappa shape index (κ3) is 3.14. The Morgan fingerprint density at radius 3 is 2.43 bits per heavy atom. The number of hydrogen-bond donors (Lipinski definition) is 0. The number of carbonyl (C=O) groups is 1. The van der Waals surface area contributed by atoms with E-state index in [0.29, 0.717) is 22.5 Å². The summed E-state index contributed by atoms with van der Waals surface area (Å²) in [7, 11) is 0. The van der Waals surface area contributed by atoms with E-state index in [4.69, 9.17) is 0 Å². The number of carbonyl (C=O) groups excluding carboxylic acids is 1. The second-order valence-corrected chi connectivity index (χ2v) is 10.3. The second-order valence-electron chi connectivity index (χ2n) is 10.3. The van der Waals surface area contributed by atoms with Crippen LogP contribution >= 0.6 is 0 Å². The summed E-state index contributed by atoms with van der Waals surface area (Å²) in [5, 5.41) is 0. The fourth-order valence-electron chi connectivity index (χ4n) is 7.06.